The van der Waals surface area contributed by atoms with E-state index in [4.69, 9.17) is 4.74 Å². The first-order chi connectivity index (χ1) is 13.2. The van der Waals surface area contributed by atoms with Crippen LogP contribution in [0.25, 0.3) is 0 Å². The summed E-state index contributed by atoms with van der Waals surface area (Å²) in [6.45, 7) is 7.33. The summed E-state index contributed by atoms with van der Waals surface area (Å²) < 4.78 is 5.33. The van der Waals surface area contributed by atoms with Gasteiger partial charge in [-0.2, -0.15) is 0 Å². The summed E-state index contributed by atoms with van der Waals surface area (Å²) in [7, 11) is 0. The second-order valence-corrected chi connectivity index (χ2v) is 7.99. The molecule has 0 saturated heterocycles. The SMILES string of the molecule is C[C@@H](Cc1ccccc1)NC(=O)C(Cc1ccccc1)NC(=O)OC(C)(C)C. The number of ether oxygens (including phenoxy) is 1. The summed E-state index contributed by atoms with van der Waals surface area (Å²) in [6.07, 6.45) is 0.514. The summed E-state index contributed by atoms with van der Waals surface area (Å²) >= 11 is 0. The van der Waals surface area contributed by atoms with Crippen LogP contribution >= 0.6 is 0 Å². The lowest BCUT2D eigenvalue weighted by molar-refractivity contribution is -0.123. The van der Waals surface area contributed by atoms with E-state index in [2.05, 4.69) is 10.6 Å². The van der Waals surface area contributed by atoms with Gasteiger partial charge in [0.05, 0.1) is 0 Å². The van der Waals surface area contributed by atoms with Gasteiger partial charge in [0.1, 0.15) is 11.6 Å². The highest BCUT2D eigenvalue weighted by atomic mass is 16.6. The normalized spacial score (nSPS) is 13.3. The Bertz CT molecular complexity index is 754. The molecule has 5 heteroatoms. The average molecular weight is 383 g/mol. The summed E-state index contributed by atoms with van der Waals surface area (Å²) in [4.78, 5) is 25.1. The number of hydrogen-bond donors (Lipinski definition) is 2. The largest absolute Gasteiger partial charge is 0.444 e. The minimum atomic E-state index is -0.713. The standard InChI is InChI=1S/C23H30N2O3/c1-17(15-18-11-7-5-8-12-18)24-21(26)20(16-19-13-9-6-10-14-19)25-22(27)28-23(2,3)4/h5-14,17,20H,15-16H2,1-4H3,(H,24,26)(H,25,27)/t17-,20?/m0/s1. The van der Waals surface area contributed by atoms with Gasteiger partial charge in [-0.25, -0.2) is 4.79 Å². The molecule has 0 radical (unpaired) electrons. The van der Waals surface area contributed by atoms with E-state index < -0.39 is 17.7 Å². The Morgan fingerprint density at radius 1 is 0.857 bits per heavy atom. The molecule has 0 saturated carbocycles. The summed E-state index contributed by atoms with van der Waals surface area (Å²) in [5.74, 6) is -0.224. The maximum atomic E-state index is 12.9. The molecule has 2 rings (SSSR count). The highest BCUT2D eigenvalue weighted by Gasteiger charge is 2.25. The topological polar surface area (TPSA) is 67.4 Å². The van der Waals surface area contributed by atoms with E-state index in [0.29, 0.717) is 6.42 Å². The van der Waals surface area contributed by atoms with Crippen LogP contribution in [0.4, 0.5) is 4.79 Å². The lowest BCUT2D eigenvalue weighted by Gasteiger charge is -2.24. The zero-order valence-corrected chi connectivity index (χ0v) is 17.1. The number of carbonyl (C=O) groups excluding carboxylic acids is 2. The third kappa shape index (κ3) is 7.82. The maximum Gasteiger partial charge on any atom is 0.408 e. The van der Waals surface area contributed by atoms with Crippen molar-refractivity contribution in [3.63, 3.8) is 0 Å². The number of carbonyl (C=O) groups is 2. The van der Waals surface area contributed by atoms with Crippen molar-refractivity contribution in [2.24, 2.45) is 0 Å². The Kier molecular flexibility index (Phi) is 7.61. The minimum Gasteiger partial charge on any atom is -0.444 e. The first-order valence-corrected chi connectivity index (χ1v) is 9.60. The highest BCUT2D eigenvalue weighted by Crippen LogP contribution is 2.09. The monoisotopic (exact) mass is 382 g/mol. The van der Waals surface area contributed by atoms with Gasteiger partial charge in [-0.05, 0) is 45.2 Å². The van der Waals surface area contributed by atoms with Gasteiger partial charge in [0.25, 0.3) is 0 Å². The predicted molar refractivity (Wildman–Crippen MR) is 111 cm³/mol. The Hall–Kier alpha value is -2.82. The fourth-order valence-corrected chi connectivity index (χ4v) is 2.87. The molecule has 1 unspecified atom stereocenters. The predicted octanol–water partition coefficient (Wildman–Crippen LogP) is 3.87. The van der Waals surface area contributed by atoms with Gasteiger partial charge in [-0.3, -0.25) is 4.79 Å². The second-order valence-electron chi connectivity index (χ2n) is 7.99. The molecule has 150 valence electrons. The number of amides is 2. The first-order valence-electron chi connectivity index (χ1n) is 9.60. The molecule has 0 aliphatic carbocycles. The van der Waals surface area contributed by atoms with Crippen LogP contribution in [0.3, 0.4) is 0 Å². The number of alkyl carbamates (subject to hydrolysis) is 1. The molecule has 5 nitrogen and oxygen atoms in total. The molecule has 0 spiro atoms. The molecule has 0 bridgehead atoms. The Labute approximate surface area is 167 Å². The van der Waals surface area contributed by atoms with Crippen LogP contribution in [0.15, 0.2) is 60.7 Å². The molecule has 2 N–H and O–H groups in total. The third-order valence-corrected chi connectivity index (χ3v) is 4.06. The molecule has 0 aliphatic rings. The van der Waals surface area contributed by atoms with E-state index >= 15 is 0 Å². The molecule has 0 fully saturated rings. The average Bonchev–Trinajstić information content (AvgIpc) is 2.61. The van der Waals surface area contributed by atoms with Crippen LogP contribution in [0.5, 0.6) is 0 Å². The molecular formula is C23H30N2O3. The molecular weight excluding hydrogens is 352 g/mol. The fourth-order valence-electron chi connectivity index (χ4n) is 2.87. The Morgan fingerprint density at radius 3 is 1.86 bits per heavy atom. The molecule has 2 aromatic carbocycles. The quantitative estimate of drug-likeness (QED) is 0.764. The van der Waals surface area contributed by atoms with Crippen LogP contribution in [-0.4, -0.2) is 29.7 Å². The van der Waals surface area contributed by atoms with Gasteiger partial charge in [-0.15, -0.1) is 0 Å². The maximum absolute atomic E-state index is 12.9. The van der Waals surface area contributed by atoms with E-state index in [0.717, 1.165) is 17.5 Å². The van der Waals surface area contributed by atoms with Crippen LogP contribution < -0.4 is 10.6 Å². The minimum absolute atomic E-state index is 0.0615. The Morgan fingerprint density at radius 2 is 1.36 bits per heavy atom. The summed E-state index contributed by atoms with van der Waals surface area (Å²) in [5.41, 5.74) is 1.49. The van der Waals surface area contributed by atoms with Crippen molar-refractivity contribution < 1.29 is 14.3 Å². The van der Waals surface area contributed by atoms with Crippen molar-refractivity contribution in [2.45, 2.75) is 58.2 Å². The van der Waals surface area contributed by atoms with Crippen molar-refractivity contribution in [1.29, 1.82) is 0 Å². The lowest BCUT2D eigenvalue weighted by Crippen LogP contribution is -2.51. The Balaban J connectivity index is 2.03. The molecule has 2 amide bonds. The molecule has 0 aliphatic heterocycles. The summed E-state index contributed by atoms with van der Waals surface area (Å²) in [6, 6.07) is 18.8. The van der Waals surface area contributed by atoms with Gasteiger partial charge < -0.3 is 15.4 Å². The van der Waals surface area contributed by atoms with Gasteiger partial charge >= 0.3 is 6.09 Å². The van der Waals surface area contributed by atoms with Crippen LogP contribution in [0.2, 0.25) is 0 Å². The smallest absolute Gasteiger partial charge is 0.408 e. The highest BCUT2D eigenvalue weighted by molar-refractivity contribution is 5.86. The summed E-state index contributed by atoms with van der Waals surface area (Å²) in [5, 5.41) is 5.73. The van der Waals surface area contributed by atoms with E-state index in [-0.39, 0.29) is 11.9 Å². The van der Waals surface area contributed by atoms with Crippen LogP contribution in [-0.2, 0) is 22.4 Å². The number of benzene rings is 2. The lowest BCUT2D eigenvalue weighted by atomic mass is 10.0. The number of hydrogen-bond acceptors (Lipinski definition) is 3. The van der Waals surface area contributed by atoms with Crippen molar-refractivity contribution in [3.05, 3.63) is 71.8 Å². The van der Waals surface area contributed by atoms with E-state index in [1.807, 2.05) is 67.6 Å². The first kappa shape index (κ1) is 21.5. The molecule has 2 aromatic rings. The number of rotatable bonds is 7. The van der Waals surface area contributed by atoms with Gasteiger partial charge in [0.2, 0.25) is 5.91 Å². The van der Waals surface area contributed by atoms with Crippen molar-refractivity contribution in [2.75, 3.05) is 0 Å². The molecule has 2 atom stereocenters. The van der Waals surface area contributed by atoms with Crippen molar-refractivity contribution >= 4 is 12.0 Å². The van der Waals surface area contributed by atoms with Gasteiger partial charge in [0, 0.05) is 12.5 Å². The zero-order chi connectivity index (χ0) is 20.6. The van der Waals surface area contributed by atoms with Crippen LogP contribution in [0, 0.1) is 0 Å². The third-order valence-electron chi connectivity index (χ3n) is 4.06. The van der Waals surface area contributed by atoms with Gasteiger partial charge in [0.15, 0.2) is 0 Å². The second kappa shape index (κ2) is 9.93. The van der Waals surface area contributed by atoms with Crippen molar-refractivity contribution in [1.82, 2.24) is 10.6 Å². The number of nitrogens with one attached hydrogen (secondary N) is 2. The van der Waals surface area contributed by atoms with Gasteiger partial charge in [-0.1, -0.05) is 60.7 Å². The zero-order valence-electron chi connectivity index (χ0n) is 17.1. The van der Waals surface area contributed by atoms with Crippen molar-refractivity contribution in [3.8, 4) is 0 Å². The van der Waals surface area contributed by atoms with E-state index in [1.54, 1.807) is 20.8 Å². The van der Waals surface area contributed by atoms with E-state index in [1.165, 1.54) is 0 Å². The fraction of sp³-hybridized carbons (Fsp3) is 0.391. The molecule has 0 aromatic heterocycles. The molecule has 28 heavy (non-hydrogen) atoms. The van der Waals surface area contributed by atoms with E-state index in [9.17, 15) is 9.59 Å². The van der Waals surface area contributed by atoms with Crippen LogP contribution in [0.1, 0.15) is 38.8 Å². The molecule has 0 heterocycles.